The lowest BCUT2D eigenvalue weighted by Gasteiger charge is -2.14. The van der Waals surface area contributed by atoms with Gasteiger partial charge < -0.3 is 4.57 Å². The van der Waals surface area contributed by atoms with E-state index in [1.807, 2.05) is 59.4 Å². The molecule has 0 spiro atoms. The van der Waals surface area contributed by atoms with Gasteiger partial charge in [-0.15, -0.1) is 0 Å². The van der Waals surface area contributed by atoms with Crippen molar-refractivity contribution < 1.29 is 0 Å². The molecular weight excluding hydrogens is 366 g/mol. The highest BCUT2D eigenvalue weighted by Gasteiger charge is 2.15. The van der Waals surface area contributed by atoms with Crippen molar-refractivity contribution in [2.45, 2.75) is 5.16 Å². The first-order chi connectivity index (χ1) is 12.7. The van der Waals surface area contributed by atoms with E-state index in [1.54, 1.807) is 18.5 Å². The maximum absolute atomic E-state index is 13.1. The Morgan fingerprint density at radius 3 is 2.46 bits per heavy atom. The first kappa shape index (κ1) is 16.8. The number of aromatic nitrogens is 3. The summed E-state index contributed by atoms with van der Waals surface area (Å²) < 4.78 is 1.91. The number of benzene rings is 2. The quantitative estimate of drug-likeness (QED) is 0.378. The van der Waals surface area contributed by atoms with E-state index >= 15 is 0 Å². The van der Waals surface area contributed by atoms with E-state index in [2.05, 4.69) is 9.97 Å². The summed E-state index contributed by atoms with van der Waals surface area (Å²) >= 11 is 7.78. The van der Waals surface area contributed by atoms with Crippen LogP contribution in [0.1, 0.15) is 0 Å². The number of fused-ring (bicyclic) bond motifs is 1. The predicted octanol–water partition coefficient (Wildman–Crippen LogP) is 4.82. The Morgan fingerprint density at radius 2 is 1.73 bits per heavy atom. The number of thioether (sulfide) groups is 1. The summed E-state index contributed by atoms with van der Waals surface area (Å²) in [4.78, 5) is 22.0. The van der Waals surface area contributed by atoms with Gasteiger partial charge in [0.25, 0.3) is 0 Å². The van der Waals surface area contributed by atoms with Crippen molar-refractivity contribution in [3.63, 3.8) is 0 Å². The van der Waals surface area contributed by atoms with Crippen molar-refractivity contribution in [3.8, 4) is 16.8 Å². The highest BCUT2D eigenvalue weighted by Crippen LogP contribution is 2.28. The highest BCUT2D eigenvalue weighted by molar-refractivity contribution is 7.98. The summed E-state index contributed by atoms with van der Waals surface area (Å²) in [5.41, 5.74) is 2.58. The van der Waals surface area contributed by atoms with Crippen LogP contribution in [0.15, 0.2) is 76.9 Å². The normalized spacial score (nSPS) is 11.0. The molecule has 128 valence electrons. The molecule has 2 aromatic carbocycles. The smallest absolute Gasteiger partial charge is 0.200 e. The molecule has 0 atom stereocenters. The van der Waals surface area contributed by atoms with Gasteiger partial charge in [-0.05, 0) is 24.5 Å². The van der Waals surface area contributed by atoms with Crippen molar-refractivity contribution in [3.05, 3.63) is 82.2 Å². The minimum absolute atomic E-state index is 0.132. The molecule has 0 bridgehead atoms. The second-order valence-electron chi connectivity index (χ2n) is 5.65. The summed E-state index contributed by atoms with van der Waals surface area (Å²) in [6, 6.07) is 17.1. The summed E-state index contributed by atoms with van der Waals surface area (Å²) in [5.74, 6) is 0. The highest BCUT2D eigenvalue weighted by atomic mass is 35.5. The zero-order chi connectivity index (χ0) is 18.1. The summed E-state index contributed by atoms with van der Waals surface area (Å²) in [5, 5.41) is 1.61. The number of halogens is 1. The maximum Gasteiger partial charge on any atom is 0.200 e. The van der Waals surface area contributed by atoms with Gasteiger partial charge in [0.15, 0.2) is 16.2 Å². The molecule has 0 N–H and O–H groups in total. The molecule has 26 heavy (non-hydrogen) atoms. The van der Waals surface area contributed by atoms with Crippen LogP contribution in [0.4, 0.5) is 0 Å². The Labute approximate surface area is 159 Å². The van der Waals surface area contributed by atoms with Crippen LogP contribution in [0.5, 0.6) is 0 Å². The molecule has 6 heteroatoms. The second kappa shape index (κ2) is 6.94. The summed E-state index contributed by atoms with van der Waals surface area (Å²) in [6.45, 7) is 0. The van der Waals surface area contributed by atoms with Crippen molar-refractivity contribution in [1.29, 1.82) is 0 Å². The zero-order valence-corrected chi connectivity index (χ0v) is 15.5. The van der Waals surface area contributed by atoms with Gasteiger partial charge >= 0.3 is 0 Å². The van der Waals surface area contributed by atoms with E-state index in [4.69, 9.17) is 11.6 Å². The van der Waals surface area contributed by atoms with Crippen LogP contribution in [0, 0.1) is 0 Å². The minimum atomic E-state index is -0.132. The molecule has 4 aromatic rings. The van der Waals surface area contributed by atoms with Crippen LogP contribution >= 0.6 is 23.4 Å². The topological polar surface area (TPSA) is 47.8 Å². The SMILES string of the molecule is CSc1ncc2c(=O)c(-c3ccccc3Cl)cn(-c3ccccc3)c2n1. The number of hydrogen-bond acceptors (Lipinski definition) is 4. The van der Waals surface area contributed by atoms with E-state index in [-0.39, 0.29) is 5.43 Å². The van der Waals surface area contributed by atoms with E-state index in [0.717, 1.165) is 5.69 Å². The molecule has 0 aliphatic carbocycles. The molecule has 4 rings (SSSR count). The molecule has 0 saturated carbocycles. The number of nitrogens with zero attached hydrogens (tertiary/aromatic N) is 3. The monoisotopic (exact) mass is 379 g/mol. The maximum atomic E-state index is 13.1. The molecule has 0 radical (unpaired) electrons. The molecule has 2 aromatic heterocycles. The van der Waals surface area contributed by atoms with Crippen LogP contribution in [0.25, 0.3) is 27.8 Å². The third kappa shape index (κ3) is 2.89. The van der Waals surface area contributed by atoms with Crippen LogP contribution < -0.4 is 5.43 Å². The molecule has 0 unspecified atom stereocenters. The van der Waals surface area contributed by atoms with Gasteiger partial charge in [-0.2, -0.15) is 0 Å². The Morgan fingerprint density at radius 1 is 1.00 bits per heavy atom. The third-order valence-corrected chi connectivity index (χ3v) is 4.99. The first-order valence-electron chi connectivity index (χ1n) is 7.96. The van der Waals surface area contributed by atoms with Crippen molar-refractivity contribution in [2.75, 3.05) is 6.26 Å². The first-order valence-corrected chi connectivity index (χ1v) is 9.56. The zero-order valence-electron chi connectivity index (χ0n) is 13.9. The van der Waals surface area contributed by atoms with Gasteiger partial charge in [0.2, 0.25) is 0 Å². The molecule has 4 nitrogen and oxygen atoms in total. The van der Waals surface area contributed by atoms with Crippen LogP contribution in [0.3, 0.4) is 0 Å². The Bertz CT molecular complexity index is 1160. The lowest BCUT2D eigenvalue weighted by molar-refractivity contribution is 0.954. The summed E-state index contributed by atoms with van der Waals surface area (Å²) in [6.07, 6.45) is 5.30. The van der Waals surface area contributed by atoms with Crippen molar-refractivity contribution >= 4 is 34.4 Å². The predicted molar refractivity (Wildman–Crippen MR) is 107 cm³/mol. The van der Waals surface area contributed by atoms with Crippen molar-refractivity contribution in [2.24, 2.45) is 0 Å². The molecule has 0 amide bonds. The third-order valence-electron chi connectivity index (χ3n) is 4.10. The van der Waals surface area contributed by atoms with Gasteiger partial charge in [0.05, 0.1) is 5.39 Å². The molecule has 0 saturated heterocycles. The Balaban J connectivity index is 2.12. The number of hydrogen-bond donors (Lipinski definition) is 0. The Hall–Kier alpha value is -2.63. The van der Waals surface area contributed by atoms with Crippen LogP contribution in [-0.4, -0.2) is 20.8 Å². The van der Waals surface area contributed by atoms with Crippen molar-refractivity contribution in [1.82, 2.24) is 14.5 Å². The van der Waals surface area contributed by atoms with Gasteiger partial charge in [-0.1, -0.05) is 59.8 Å². The van der Waals surface area contributed by atoms with Gasteiger partial charge in [0, 0.05) is 34.2 Å². The number of para-hydroxylation sites is 1. The van der Waals surface area contributed by atoms with Gasteiger partial charge in [-0.3, -0.25) is 4.79 Å². The minimum Gasteiger partial charge on any atom is -0.300 e. The fourth-order valence-electron chi connectivity index (χ4n) is 2.85. The standard InChI is InChI=1S/C20H14ClN3OS/c1-26-20-22-11-15-18(25)16(14-9-5-6-10-17(14)21)12-24(19(15)23-20)13-7-3-2-4-8-13/h2-12H,1H3. The number of rotatable bonds is 3. The molecule has 2 heterocycles. The second-order valence-corrected chi connectivity index (χ2v) is 6.83. The lowest BCUT2D eigenvalue weighted by Crippen LogP contribution is -2.13. The van der Waals surface area contributed by atoms with Crippen LogP contribution in [0.2, 0.25) is 5.02 Å². The fourth-order valence-corrected chi connectivity index (χ4v) is 3.42. The van der Waals surface area contributed by atoms with E-state index in [1.165, 1.54) is 11.8 Å². The Kier molecular flexibility index (Phi) is 4.49. The fraction of sp³-hybridized carbons (Fsp3) is 0.0500. The van der Waals surface area contributed by atoms with E-state index in [9.17, 15) is 4.79 Å². The van der Waals surface area contributed by atoms with E-state index in [0.29, 0.717) is 32.3 Å². The lowest BCUT2D eigenvalue weighted by atomic mass is 10.1. The number of pyridine rings is 1. The van der Waals surface area contributed by atoms with Gasteiger partial charge in [0.1, 0.15) is 0 Å². The largest absolute Gasteiger partial charge is 0.300 e. The molecular formula is C20H14ClN3OS. The van der Waals surface area contributed by atoms with Crippen LogP contribution in [-0.2, 0) is 0 Å². The van der Waals surface area contributed by atoms with E-state index < -0.39 is 0 Å². The molecule has 0 fully saturated rings. The van der Waals surface area contributed by atoms with Gasteiger partial charge in [-0.25, -0.2) is 9.97 Å². The average Bonchev–Trinajstić information content (AvgIpc) is 2.69. The summed E-state index contributed by atoms with van der Waals surface area (Å²) in [7, 11) is 0. The molecule has 0 aliphatic heterocycles. The molecule has 0 aliphatic rings. The average molecular weight is 380 g/mol.